The van der Waals surface area contributed by atoms with Gasteiger partial charge in [0.1, 0.15) is 12.6 Å². The van der Waals surface area contributed by atoms with Crippen LogP contribution in [0.25, 0.3) is 0 Å². The quantitative estimate of drug-likeness (QED) is 0.689. The number of hydrogen-bond donors (Lipinski definition) is 0. The average molecular weight is 386 g/mol. The second kappa shape index (κ2) is 7.93. The molecular weight excluding hydrogens is 361 g/mol. The Hall–Kier alpha value is -0.650. The van der Waals surface area contributed by atoms with Crippen LogP contribution in [0.2, 0.25) is 10.0 Å². The van der Waals surface area contributed by atoms with Crippen molar-refractivity contribution < 1.29 is 14.3 Å². The third-order valence-corrected chi connectivity index (χ3v) is 6.49. The number of Topliss-reactive ketones (excluding diaryl/α,β-unsaturated/α-hetero) is 1. The van der Waals surface area contributed by atoms with Gasteiger partial charge in [0.05, 0.1) is 16.1 Å². The minimum absolute atomic E-state index is 0.0169. The first kappa shape index (κ1) is 19.1. The number of halogens is 2. The van der Waals surface area contributed by atoms with Crippen LogP contribution >= 0.6 is 23.2 Å². The molecule has 2 heterocycles. The van der Waals surface area contributed by atoms with Gasteiger partial charge in [-0.05, 0) is 43.5 Å². The number of nitrogens with zero attached hydrogens (tertiary/aromatic N) is 1. The van der Waals surface area contributed by atoms with Crippen molar-refractivity contribution in [2.75, 3.05) is 21.0 Å². The van der Waals surface area contributed by atoms with Crippen LogP contribution in [0, 0.1) is 5.92 Å². The molecule has 2 aliphatic rings. The molecule has 0 N–H and O–H groups in total. The Morgan fingerprint density at radius 3 is 2.68 bits per heavy atom. The Balaban J connectivity index is 1.96. The number of piperidine rings is 1. The van der Waals surface area contributed by atoms with Gasteiger partial charge in [0.15, 0.2) is 0 Å². The molecular formula is C19H25Cl2NO3. The molecule has 25 heavy (non-hydrogen) atoms. The largest absolute Gasteiger partial charge is 0.359 e. The van der Waals surface area contributed by atoms with Crippen molar-refractivity contribution in [3.05, 3.63) is 33.8 Å². The molecule has 2 saturated heterocycles. The van der Waals surface area contributed by atoms with Gasteiger partial charge in [-0.15, -0.1) is 0 Å². The molecule has 1 aromatic carbocycles. The number of methoxy groups -OCH3 is 1. The second-order valence-electron chi connectivity index (χ2n) is 7.02. The van der Waals surface area contributed by atoms with Crippen molar-refractivity contribution >= 4 is 29.0 Å². The topological polar surface area (TPSA) is 38.8 Å². The molecule has 0 saturated carbocycles. The molecule has 0 radical (unpaired) electrons. The maximum atomic E-state index is 12.9. The molecule has 4 nitrogen and oxygen atoms in total. The number of carbonyl (C=O) groups excluding carboxylic acids is 1. The third-order valence-electron chi connectivity index (χ3n) is 5.75. The van der Waals surface area contributed by atoms with Gasteiger partial charge in [-0.25, -0.2) is 0 Å². The summed E-state index contributed by atoms with van der Waals surface area (Å²) in [5.74, 6) is 0.316. The van der Waals surface area contributed by atoms with E-state index in [9.17, 15) is 4.79 Å². The normalized spacial score (nSPS) is 32.1. The van der Waals surface area contributed by atoms with Gasteiger partial charge in [-0.1, -0.05) is 36.2 Å². The molecule has 0 aromatic heterocycles. The van der Waals surface area contributed by atoms with Crippen LogP contribution < -0.4 is 0 Å². The number of benzene rings is 1. The molecule has 2 bridgehead atoms. The van der Waals surface area contributed by atoms with Crippen LogP contribution in [0.15, 0.2) is 18.2 Å². The number of fused-ring (bicyclic) bond motifs is 2. The van der Waals surface area contributed by atoms with Crippen LogP contribution in [0.1, 0.15) is 37.7 Å². The predicted octanol–water partition coefficient (Wildman–Crippen LogP) is 4.14. The van der Waals surface area contributed by atoms with Crippen molar-refractivity contribution in [2.45, 2.75) is 50.3 Å². The van der Waals surface area contributed by atoms with Crippen molar-refractivity contribution in [3.8, 4) is 0 Å². The molecule has 0 amide bonds. The summed E-state index contributed by atoms with van der Waals surface area (Å²) >= 11 is 12.3. The summed E-state index contributed by atoms with van der Waals surface area (Å²) in [5.41, 5.74) is 1.09. The fraction of sp³-hybridized carbons (Fsp3) is 0.632. The van der Waals surface area contributed by atoms with E-state index in [1.54, 1.807) is 7.11 Å². The number of ketones is 1. The molecule has 6 heteroatoms. The van der Waals surface area contributed by atoms with Crippen LogP contribution in [-0.4, -0.2) is 49.8 Å². The summed E-state index contributed by atoms with van der Waals surface area (Å²) in [4.78, 5) is 15.2. The van der Waals surface area contributed by atoms with Gasteiger partial charge in [0.25, 0.3) is 0 Å². The summed E-state index contributed by atoms with van der Waals surface area (Å²) in [6, 6.07) is 6.21. The summed E-state index contributed by atoms with van der Waals surface area (Å²) < 4.78 is 11.0. The van der Waals surface area contributed by atoms with Crippen LogP contribution in [0.5, 0.6) is 0 Å². The van der Waals surface area contributed by atoms with Crippen molar-refractivity contribution in [1.29, 1.82) is 0 Å². The molecule has 0 spiro atoms. The molecule has 1 aromatic rings. The van der Waals surface area contributed by atoms with Gasteiger partial charge in [0, 0.05) is 31.5 Å². The lowest BCUT2D eigenvalue weighted by Crippen LogP contribution is -2.51. The first-order chi connectivity index (χ1) is 12.0. The van der Waals surface area contributed by atoms with E-state index in [1.807, 2.05) is 25.1 Å². The minimum atomic E-state index is -0.104. The third kappa shape index (κ3) is 3.60. The zero-order valence-corrected chi connectivity index (χ0v) is 16.4. The molecule has 3 rings (SSSR count). The molecule has 138 valence electrons. The molecule has 2 fully saturated rings. The van der Waals surface area contributed by atoms with Gasteiger partial charge >= 0.3 is 0 Å². The number of ether oxygens (including phenoxy) is 2. The van der Waals surface area contributed by atoms with E-state index in [0.717, 1.165) is 18.4 Å². The Labute approximate surface area is 159 Å². The number of carbonyl (C=O) groups is 1. The monoisotopic (exact) mass is 385 g/mol. The Morgan fingerprint density at radius 2 is 2.04 bits per heavy atom. The van der Waals surface area contributed by atoms with E-state index in [2.05, 4.69) is 11.9 Å². The van der Waals surface area contributed by atoms with Crippen molar-refractivity contribution in [2.24, 2.45) is 5.92 Å². The van der Waals surface area contributed by atoms with E-state index in [1.165, 1.54) is 0 Å². The number of rotatable bonds is 6. The SMILES string of the molecule is CCC(=O)C1C(c2ccc(Cl)c(Cl)c2)CC2CC(OCOC)C1N2C. The Kier molecular flexibility index (Phi) is 6.07. The smallest absolute Gasteiger partial charge is 0.146 e. The van der Waals surface area contributed by atoms with E-state index in [4.69, 9.17) is 32.7 Å². The predicted molar refractivity (Wildman–Crippen MR) is 99.3 cm³/mol. The second-order valence-corrected chi connectivity index (χ2v) is 7.83. The summed E-state index contributed by atoms with van der Waals surface area (Å²) in [5, 5.41) is 1.08. The maximum Gasteiger partial charge on any atom is 0.146 e. The van der Waals surface area contributed by atoms with Gasteiger partial charge in [0.2, 0.25) is 0 Å². The average Bonchev–Trinajstić information content (AvgIpc) is 2.80. The lowest BCUT2D eigenvalue weighted by atomic mass is 9.73. The van der Waals surface area contributed by atoms with Gasteiger partial charge in [-0.2, -0.15) is 0 Å². The summed E-state index contributed by atoms with van der Waals surface area (Å²) in [6.07, 6.45) is 2.39. The lowest BCUT2D eigenvalue weighted by molar-refractivity contribution is -0.132. The highest BCUT2D eigenvalue weighted by Crippen LogP contribution is 2.48. The fourth-order valence-corrected chi connectivity index (χ4v) is 4.87. The van der Waals surface area contributed by atoms with E-state index in [0.29, 0.717) is 22.5 Å². The Morgan fingerprint density at radius 1 is 1.28 bits per heavy atom. The standard InChI is InChI=1S/C19H25Cl2NO3/c1-4-16(23)18-13(11-5-6-14(20)15(21)7-11)8-12-9-17(25-10-24-3)19(18)22(12)2/h5-7,12-13,17-19H,4,8-10H2,1-3H3. The highest BCUT2D eigenvalue weighted by Gasteiger charge is 2.53. The number of likely N-dealkylation sites (N-methyl/N-ethyl adjacent to an activating group) is 1. The summed E-state index contributed by atoms with van der Waals surface area (Å²) in [6.45, 7) is 2.19. The first-order valence-electron chi connectivity index (χ1n) is 8.78. The number of hydrogen-bond acceptors (Lipinski definition) is 4. The van der Waals surface area contributed by atoms with Gasteiger partial charge in [-0.3, -0.25) is 9.69 Å². The van der Waals surface area contributed by atoms with Crippen molar-refractivity contribution in [3.63, 3.8) is 0 Å². The molecule has 0 aliphatic carbocycles. The van der Waals surface area contributed by atoms with E-state index >= 15 is 0 Å². The Bertz CT molecular complexity index is 639. The molecule has 5 atom stereocenters. The van der Waals surface area contributed by atoms with Gasteiger partial charge < -0.3 is 9.47 Å². The van der Waals surface area contributed by atoms with Crippen LogP contribution in [0.3, 0.4) is 0 Å². The van der Waals surface area contributed by atoms with E-state index in [-0.39, 0.29) is 36.6 Å². The lowest BCUT2D eigenvalue weighted by Gasteiger charge is -2.43. The highest BCUT2D eigenvalue weighted by atomic mass is 35.5. The van der Waals surface area contributed by atoms with E-state index < -0.39 is 0 Å². The van der Waals surface area contributed by atoms with Crippen LogP contribution in [0.4, 0.5) is 0 Å². The van der Waals surface area contributed by atoms with Crippen molar-refractivity contribution in [1.82, 2.24) is 4.90 Å². The summed E-state index contributed by atoms with van der Waals surface area (Å²) in [7, 11) is 3.73. The maximum absolute atomic E-state index is 12.9. The zero-order valence-electron chi connectivity index (χ0n) is 14.9. The molecule has 2 aliphatic heterocycles. The highest BCUT2D eigenvalue weighted by molar-refractivity contribution is 6.42. The fourth-order valence-electron chi connectivity index (χ4n) is 4.56. The molecule has 5 unspecified atom stereocenters. The minimum Gasteiger partial charge on any atom is -0.359 e. The zero-order chi connectivity index (χ0) is 18.1. The van der Waals surface area contributed by atoms with Crippen LogP contribution in [-0.2, 0) is 14.3 Å². The first-order valence-corrected chi connectivity index (χ1v) is 9.53.